The van der Waals surface area contributed by atoms with Crippen molar-refractivity contribution in [1.29, 1.82) is 0 Å². The van der Waals surface area contributed by atoms with E-state index in [1.807, 2.05) is 0 Å². The third-order valence-corrected chi connectivity index (χ3v) is 0.822. The van der Waals surface area contributed by atoms with Gasteiger partial charge in [0.25, 0.3) is 0 Å². The van der Waals surface area contributed by atoms with Gasteiger partial charge in [0.15, 0.2) is 5.69 Å². The second-order valence-corrected chi connectivity index (χ2v) is 1.76. The summed E-state index contributed by atoms with van der Waals surface area (Å²) < 4.78 is 0. The monoisotopic (exact) mass is 187 g/mol. The first kappa shape index (κ1) is 11.4. The van der Waals surface area contributed by atoms with E-state index < -0.39 is 5.97 Å². The summed E-state index contributed by atoms with van der Waals surface area (Å²) >= 11 is 0. The van der Waals surface area contributed by atoms with E-state index in [0.717, 1.165) is 0 Å². The molecule has 3 N–H and O–H groups in total. The quantitative estimate of drug-likeness (QED) is 0.518. The van der Waals surface area contributed by atoms with E-state index in [2.05, 4.69) is 15.4 Å². The van der Waals surface area contributed by atoms with Crippen molar-refractivity contribution in [1.82, 2.24) is 15.4 Å². The fourth-order valence-corrected chi connectivity index (χ4v) is 0.355. The number of aromatic nitrogens is 3. The van der Waals surface area contributed by atoms with Crippen LogP contribution in [0.5, 0.6) is 0 Å². The third-order valence-electron chi connectivity index (χ3n) is 0.822. The van der Waals surface area contributed by atoms with E-state index in [9.17, 15) is 4.79 Å². The van der Waals surface area contributed by atoms with Gasteiger partial charge in [-0.05, 0) is 11.3 Å². The van der Waals surface area contributed by atoms with Gasteiger partial charge in [0.1, 0.15) is 0 Å². The van der Waals surface area contributed by atoms with Crippen LogP contribution in [0.1, 0.15) is 10.5 Å². The Kier molecular flexibility index (Phi) is 6.20. The highest BCUT2D eigenvalue weighted by atomic mass is 16.4. The average Bonchev–Trinajstić information content (AvgIpc) is 2.19. The van der Waals surface area contributed by atoms with Gasteiger partial charge in [-0.25, -0.2) is 4.79 Å². The lowest BCUT2D eigenvalue weighted by molar-refractivity contribution is 0.0688. The van der Waals surface area contributed by atoms with E-state index in [1.54, 1.807) is 0 Å². The number of hydrogen-bond acceptors (Lipinski definition) is 6. The number of hydrogen-bond donors (Lipinski definition) is 3. The maximum atomic E-state index is 10.1. The topological polar surface area (TPSA) is 116 Å². The summed E-state index contributed by atoms with van der Waals surface area (Å²) in [4.78, 5) is 10.1. The zero-order valence-corrected chi connectivity index (χ0v) is 6.66. The molecule has 0 aromatic carbocycles. The van der Waals surface area contributed by atoms with Crippen molar-refractivity contribution < 1.29 is 20.1 Å². The normalized spacial score (nSPS) is 8.46. The third kappa shape index (κ3) is 5.65. The van der Waals surface area contributed by atoms with Crippen molar-refractivity contribution in [3.05, 3.63) is 18.0 Å². The Morgan fingerprint density at radius 1 is 1.38 bits per heavy atom. The summed E-state index contributed by atoms with van der Waals surface area (Å²) in [6.45, 7) is -0.250. The van der Waals surface area contributed by atoms with Crippen LogP contribution in [-0.2, 0) is 0 Å². The van der Waals surface area contributed by atoms with Gasteiger partial charge < -0.3 is 15.3 Å². The Labute approximate surface area is 73.7 Å². The summed E-state index contributed by atoms with van der Waals surface area (Å²) in [5.74, 6) is -1.09. The average molecular weight is 187 g/mol. The van der Waals surface area contributed by atoms with Crippen molar-refractivity contribution in [2.45, 2.75) is 0 Å². The van der Waals surface area contributed by atoms with Gasteiger partial charge in [-0.3, -0.25) is 0 Å². The zero-order chi connectivity index (χ0) is 10.1. The van der Waals surface area contributed by atoms with E-state index in [1.165, 1.54) is 12.3 Å². The fraction of sp³-hybridized carbons (Fsp3) is 0.333. The van der Waals surface area contributed by atoms with E-state index in [-0.39, 0.29) is 18.9 Å². The van der Waals surface area contributed by atoms with Gasteiger partial charge in [-0.2, -0.15) is 0 Å². The molecule has 13 heavy (non-hydrogen) atoms. The molecule has 1 aromatic rings. The molecule has 0 fully saturated rings. The summed E-state index contributed by atoms with van der Waals surface area (Å²) in [6.07, 6.45) is 1.27. The maximum Gasteiger partial charge on any atom is 0.356 e. The van der Waals surface area contributed by atoms with E-state index in [4.69, 9.17) is 15.3 Å². The lowest BCUT2D eigenvalue weighted by atomic mass is 10.4. The van der Waals surface area contributed by atoms with Crippen LogP contribution in [0.4, 0.5) is 0 Å². The second-order valence-electron chi connectivity index (χ2n) is 1.76. The molecule has 7 heteroatoms. The number of aromatic carboxylic acids is 1. The SMILES string of the molecule is O=C(O)c1ccnnn1.OCCO. The molecule has 7 nitrogen and oxygen atoms in total. The highest BCUT2D eigenvalue weighted by Gasteiger charge is 2.00. The lowest BCUT2D eigenvalue weighted by Gasteiger charge is -1.84. The van der Waals surface area contributed by atoms with Crippen molar-refractivity contribution in [2.75, 3.05) is 13.2 Å². The number of carbonyl (C=O) groups is 1. The Bertz CT molecular complexity index is 239. The molecular weight excluding hydrogens is 178 g/mol. The van der Waals surface area contributed by atoms with E-state index >= 15 is 0 Å². The standard InChI is InChI=1S/C4H3N3O2.C2H6O2/c8-4(9)3-1-2-5-7-6-3;3-1-2-4/h1-2H,(H,8,9);3-4H,1-2H2. The largest absolute Gasteiger partial charge is 0.476 e. The van der Waals surface area contributed by atoms with Crippen LogP contribution < -0.4 is 0 Å². The molecule has 0 bridgehead atoms. The van der Waals surface area contributed by atoms with Gasteiger partial charge in [0.05, 0.1) is 19.4 Å². The summed E-state index contributed by atoms with van der Waals surface area (Å²) in [5, 5.41) is 33.2. The van der Waals surface area contributed by atoms with Crippen LogP contribution in [0.3, 0.4) is 0 Å². The number of carboxylic acid groups (broad SMARTS) is 1. The van der Waals surface area contributed by atoms with Crippen molar-refractivity contribution in [3.63, 3.8) is 0 Å². The number of carboxylic acids is 1. The Hall–Kier alpha value is -1.60. The van der Waals surface area contributed by atoms with Gasteiger partial charge in [-0.1, -0.05) is 0 Å². The highest BCUT2D eigenvalue weighted by molar-refractivity contribution is 5.84. The molecule has 0 spiro atoms. The van der Waals surface area contributed by atoms with Gasteiger partial charge in [-0.15, -0.1) is 10.2 Å². The first-order chi connectivity index (χ1) is 6.22. The Balaban J connectivity index is 0.000000310. The Morgan fingerprint density at radius 2 is 2.00 bits per heavy atom. The number of nitrogens with zero attached hydrogens (tertiary/aromatic N) is 3. The molecule has 0 atom stereocenters. The molecule has 0 aliphatic rings. The number of aliphatic hydroxyl groups excluding tert-OH is 2. The molecule has 1 heterocycles. The Morgan fingerprint density at radius 3 is 2.23 bits per heavy atom. The predicted octanol–water partition coefficient (Wildman–Crippen LogP) is -1.46. The summed E-state index contributed by atoms with van der Waals surface area (Å²) in [5.41, 5.74) is -0.0926. The second kappa shape index (κ2) is 7.07. The van der Waals surface area contributed by atoms with Crippen molar-refractivity contribution in [2.24, 2.45) is 0 Å². The molecule has 0 saturated carbocycles. The minimum Gasteiger partial charge on any atom is -0.476 e. The van der Waals surface area contributed by atoms with Crippen LogP contribution in [0.25, 0.3) is 0 Å². The molecule has 1 aromatic heterocycles. The van der Waals surface area contributed by atoms with E-state index in [0.29, 0.717) is 0 Å². The first-order valence-corrected chi connectivity index (χ1v) is 3.31. The van der Waals surface area contributed by atoms with Crippen LogP contribution in [0.15, 0.2) is 12.3 Å². The van der Waals surface area contributed by atoms with Crippen LogP contribution >= 0.6 is 0 Å². The minimum absolute atomic E-state index is 0.0926. The minimum atomic E-state index is -1.09. The molecule has 72 valence electrons. The summed E-state index contributed by atoms with van der Waals surface area (Å²) in [6, 6.07) is 1.27. The van der Waals surface area contributed by atoms with Crippen LogP contribution in [0, 0.1) is 0 Å². The van der Waals surface area contributed by atoms with Gasteiger partial charge in [0, 0.05) is 0 Å². The van der Waals surface area contributed by atoms with Crippen molar-refractivity contribution in [3.8, 4) is 0 Å². The fourth-order valence-electron chi connectivity index (χ4n) is 0.355. The predicted molar refractivity (Wildman–Crippen MR) is 41.0 cm³/mol. The van der Waals surface area contributed by atoms with Crippen molar-refractivity contribution >= 4 is 5.97 Å². The lowest BCUT2D eigenvalue weighted by Crippen LogP contribution is -2.01. The van der Waals surface area contributed by atoms with Gasteiger partial charge >= 0.3 is 5.97 Å². The van der Waals surface area contributed by atoms with Gasteiger partial charge in [0.2, 0.25) is 0 Å². The number of rotatable bonds is 2. The molecule has 0 amide bonds. The van der Waals surface area contributed by atoms with Crippen LogP contribution in [0.2, 0.25) is 0 Å². The zero-order valence-electron chi connectivity index (χ0n) is 6.66. The smallest absolute Gasteiger partial charge is 0.356 e. The molecule has 0 aliphatic carbocycles. The molecule has 0 aliphatic heterocycles. The highest BCUT2D eigenvalue weighted by Crippen LogP contribution is 1.85. The van der Waals surface area contributed by atoms with Crippen LogP contribution in [-0.4, -0.2) is 49.9 Å². The molecular formula is C6H9N3O4. The number of aliphatic hydroxyl groups is 2. The molecule has 0 radical (unpaired) electrons. The molecule has 0 unspecified atom stereocenters. The molecule has 1 rings (SSSR count). The summed E-state index contributed by atoms with van der Waals surface area (Å²) in [7, 11) is 0. The first-order valence-electron chi connectivity index (χ1n) is 3.31. The molecule has 0 saturated heterocycles. The maximum absolute atomic E-state index is 10.1.